The van der Waals surface area contributed by atoms with E-state index in [0.717, 1.165) is 5.69 Å². The van der Waals surface area contributed by atoms with E-state index in [1.165, 1.54) is 4.31 Å². The van der Waals surface area contributed by atoms with Gasteiger partial charge in [0.1, 0.15) is 0 Å². The van der Waals surface area contributed by atoms with Crippen LogP contribution in [-0.4, -0.2) is 48.7 Å². The Morgan fingerprint density at radius 3 is 2.67 bits per heavy atom. The lowest BCUT2D eigenvalue weighted by atomic mass is 10.3. The molecule has 6 nitrogen and oxygen atoms in total. The highest BCUT2D eigenvalue weighted by Gasteiger charge is 2.12. The number of hydrogen-bond acceptors (Lipinski definition) is 4. The average Bonchev–Trinajstić information content (AvgIpc) is 2.72. The van der Waals surface area contributed by atoms with Crippen LogP contribution in [0.2, 0.25) is 0 Å². The van der Waals surface area contributed by atoms with Crippen LogP contribution in [0.3, 0.4) is 0 Å². The number of hydrogen-bond donors (Lipinski definition) is 1. The van der Waals surface area contributed by atoms with Crippen molar-refractivity contribution < 1.29 is 8.42 Å². The molecule has 0 bridgehead atoms. The molecule has 1 aromatic heterocycles. The molecule has 1 aromatic rings. The lowest BCUT2D eigenvalue weighted by Gasteiger charge is -2.13. The van der Waals surface area contributed by atoms with E-state index in [1.54, 1.807) is 26.6 Å². The number of sulfonamides is 1. The first-order chi connectivity index (χ1) is 8.34. The summed E-state index contributed by atoms with van der Waals surface area (Å²) in [6, 6.07) is 0.356. The normalized spacial score (nSPS) is 12.6. The van der Waals surface area contributed by atoms with Gasteiger partial charge in [-0.25, -0.2) is 17.7 Å². The zero-order valence-electron chi connectivity index (χ0n) is 11.4. The predicted molar refractivity (Wildman–Crippen MR) is 71.8 cm³/mol. The number of nitrogens with one attached hydrogen (secondary N) is 1. The Hall–Kier alpha value is -0.920. The molecule has 0 amide bonds. The van der Waals surface area contributed by atoms with E-state index in [1.807, 2.05) is 0 Å². The molecule has 0 aliphatic rings. The highest BCUT2D eigenvalue weighted by atomic mass is 32.2. The Bertz CT molecular complexity index is 465. The standard InChI is InChI=1S/C11H22N4O2S/c1-10(2)15-9-13-8-11(15)7-12-5-6-18(16,17)14(3)4/h8-10,12H,5-7H2,1-4H3. The van der Waals surface area contributed by atoms with Crippen molar-refractivity contribution in [2.24, 2.45) is 0 Å². The molecule has 1 rings (SSSR count). The van der Waals surface area contributed by atoms with E-state index in [2.05, 4.69) is 28.7 Å². The van der Waals surface area contributed by atoms with Crippen molar-refractivity contribution in [3.63, 3.8) is 0 Å². The van der Waals surface area contributed by atoms with E-state index in [-0.39, 0.29) is 5.75 Å². The Balaban J connectivity index is 2.41. The fourth-order valence-electron chi connectivity index (χ4n) is 1.53. The van der Waals surface area contributed by atoms with Gasteiger partial charge >= 0.3 is 0 Å². The van der Waals surface area contributed by atoms with Crippen LogP contribution in [0.25, 0.3) is 0 Å². The monoisotopic (exact) mass is 274 g/mol. The molecule has 1 N–H and O–H groups in total. The molecule has 7 heteroatoms. The summed E-state index contributed by atoms with van der Waals surface area (Å²) < 4.78 is 26.4. The quantitative estimate of drug-likeness (QED) is 0.733. The zero-order chi connectivity index (χ0) is 13.8. The highest BCUT2D eigenvalue weighted by molar-refractivity contribution is 7.89. The van der Waals surface area contributed by atoms with Gasteiger partial charge in [-0.1, -0.05) is 0 Å². The zero-order valence-corrected chi connectivity index (χ0v) is 12.2. The Morgan fingerprint density at radius 1 is 1.44 bits per heavy atom. The molecule has 0 unspecified atom stereocenters. The van der Waals surface area contributed by atoms with Crippen molar-refractivity contribution in [2.45, 2.75) is 26.4 Å². The lowest BCUT2D eigenvalue weighted by Crippen LogP contribution is -2.31. The molecule has 0 fully saturated rings. The van der Waals surface area contributed by atoms with Crippen molar-refractivity contribution >= 4 is 10.0 Å². The van der Waals surface area contributed by atoms with Crippen molar-refractivity contribution in [3.05, 3.63) is 18.2 Å². The predicted octanol–water partition coefficient (Wildman–Crippen LogP) is 0.445. The molecule has 0 radical (unpaired) electrons. The largest absolute Gasteiger partial charge is 0.331 e. The molecule has 0 atom stereocenters. The fraction of sp³-hybridized carbons (Fsp3) is 0.727. The molecule has 104 valence electrons. The molecule has 0 aliphatic heterocycles. The van der Waals surface area contributed by atoms with E-state index in [4.69, 9.17) is 0 Å². The molecule has 1 heterocycles. The van der Waals surface area contributed by atoms with Crippen LogP contribution in [0.1, 0.15) is 25.6 Å². The maximum atomic E-state index is 11.5. The molecular formula is C11H22N4O2S. The number of rotatable bonds is 7. The number of nitrogens with zero attached hydrogens (tertiary/aromatic N) is 3. The third-order valence-corrected chi connectivity index (χ3v) is 4.53. The summed E-state index contributed by atoms with van der Waals surface area (Å²) in [7, 11) is -0.0277. The van der Waals surface area contributed by atoms with Gasteiger partial charge in [0.15, 0.2) is 0 Å². The van der Waals surface area contributed by atoms with Gasteiger partial charge in [-0.05, 0) is 13.8 Å². The maximum absolute atomic E-state index is 11.5. The fourth-order valence-corrected chi connectivity index (χ4v) is 2.30. The third kappa shape index (κ3) is 4.08. The van der Waals surface area contributed by atoms with Gasteiger partial charge in [-0.3, -0.25) is 0 Å². The van der Waals surface area contributed by atoms with Crippen LogP contribution >= 0.6 is 0 Å². The second kappa shape index (κ2) is 6.31. The summed E-state index contributed by atoms with van der Waals surface area (Å²) in [6.07, 6.45) is 3.59. The minimum atomic E-state index is -3.12. The molecular weight excluding hydrogens is 252 g/mol. The minimum Gasteiger partial charge on any atom is -0.331 e. The average molecular weight is 274 g/mol. The van der Waals surface area contributed by atoms with Gasteiger partial charge in [0.25, 0.3) is 0 Å². The summed E-state index contributed by atoms with van der Waals surface area (Å²) in [5, 5.41) is 3.13. The van der Waals surface area contributed by atoms with Crippen molar-refractivity contribution in [1.29, 1.82) is 0 Å². The smallest absolute Gasteiger partial charge is 0.214 e. The highest BCUT2D eigenvalue weighted by Crippen LogP contribution is 2.08. The van der Waals surface area contributed by atoms with Crippen LogP contribution in [0.15, 0.2) is 12.5 Å². The second-order valence-corrected chi connectivity index (χ2v) is 6.96. The molecule has 0 spiro atoms. The second-order valence-electron chi connectivity index (χ2n) is 4.66. The first-order valence-electron chi connectivity index (χ1n) is 5.96. The van der Waals surface area contributed by atoms with Crippen LogP contribution in [0, 0.1) is 0 Å². The SMILES string of the molecule is CC(C)n1cncc1CNCCS(=O)(=O)N(C)C. The van der Waals surface area contributed by atoms with E-state index in [0.29, 0.717) is 19.1 Å². The maximum Gasteiger partial charge on any atom is 0.214 e. The lowest BCUT2D eigenvalue weighted by molar-refractivity contribution is 0.515. The Kier molecular flexibility index (Phi) is 5.30. The van der Waals surface area contributed by atoms with E-state index in [9.17, 15) is 8.42 Å². The summed E-state index contributed by atoms with van der Waals surface area (Å²) in [5.41, 5.74) is 1.06. The molecule has 0 aliphatic carbocycles. The molecule has 0 aromatic carbocycles. The van der Waals surface area contributed by atoms with Crippen molar-refractivity contribution in [1.82, 2.24) is 19.2 Å². The summed E-state index contributed by atoms with van der Waals surface area (Å²) in [4.78, 5) is 4.10. The minimum absolute atomic E-state index is 0.107. The first kappa shape index (κ1) is 15.1. The molecule has 0 saturated heterocycles. The summed E-state index contributed by atoms with van der Waals surface area (Å²) in [5.74, 6) is 0.107. The van der Waals surface area contributed by atoms with Gasteiger partial charge in [-0.15, -0.1) is 0 Å². The van der Waals surface area contributed by atoms with Crippen molar-refractivity contribution in [2.75, 3.05) is 26.4 Å². The first-order valence-corrected chi connectivity index (χ1v) is 7.57. The summed E-state index contributed by atoms with van der Waals surface area (Å²) in [6.45, 7) is 5.23. The van der Waals surface area contributed by atoms with Gasteiger partial charge in [0, 0.05) is 39.4 Å². The van der Waals surface area contributed by atoms with Crippen LogP contribution < -0.4 is 5.32 Å². The third-order valence-electron chi connectivity index (χ3n) is 2.70. The van der Waals surface area contributed by atoms with E-state index >= 15 is 0 Å². The van der Waals surface area contributed by atoms with Gasteiger partial charge < -0.3 is 9.88 Å². The molecule has 18 heavy (non-hydrogen) atoms. The van der Waals surface area contributed by atoms with Crippen LogP contribution in [0.4, 0.5) is 0 Å². The van der Waals surface area contributed by atoms with Gasteiger partial charge in [0.05, 0.1) is 17.8 Å². The van der Waals surface area contributed by atoms with Crippen molar-refractivity contribution in [3.8, 4) is 0 Å². The van der Waals surface area contributed by atoms with E-state index < -0.39 is 10.0 Å². The van der Waals surface area contributed by atoms with Crippen LogP contribution in [0.5, 0.6) is 0 Å². The number of aromatic nitrogens is 2. The van der Waals surface area contributed by atoms with Gasteiger partial charge in [0.2, 0.25) is 10.0 Å². The Labute approximate surface area is 109 Å². The summed E-state index contributed by atoms with van der Waals surface area (Å²) >= 11 is 0. The Morgan fingerprint density at radius 2 is 2.11 bits per heavy atom. The van der Waals surface area contributed by atoms with Gasteiger partial charge in [-0.2, -0.15) is 0 Å². The number of imidazole rings is 1. The van der Waals surface area contributed by atoms with Crippen LogP contribution in [-0.2, 0) is 16.6 Å². The molecule has 0 saturated carbocycles. The topological polar surface area (TPSA) is 67.2 Å².